The molecule has 0 aliphatic heterocycles. The fourth-order valence-corrected chi connectivity index (χ4v) is 3.70. The SMILES string of the molecule is Nc1ccc(S(=O)(=O)NCC2(CCO)CC2)c(Cl)c1. The van der Waals surface area contributed by atoms with Gasteiger partial charge in [0, 0.05) is 18.8 Å². The van der Waals surface area contributed by atoms with Crippen molar-refractivity contribution in [1.29, 1.82) is 0 Å². The highest BCUT2D eigenvalue weighted by molar-refractivity contribution is 7.89. The number of benzene rings is 1. The predicted molar refractivity (Wildman–Crippen MR) is 74.4 cm³/mol. The molecule has 1 aliphatic rings. The normalized spacial score (nSPS) is 17.4. The van der Waals surface area contributed by atoms with Crippen LogP contribution in [0.5, 0.6) is 0 Å². The smallest absolute Gasteiger partial charge is 0.242 e. The van der Waals surface area contributed by atoms with Crippen molar-refractivity contribution in [2.75, 3.05) is 18.9 Å². The molecule has 1 aliphatic carbocycles. The van der Waals surface area contributed by atoms with E-state index < -0.39 is 10.0 Å². The number of anilines is 1. The first-order valence-corrected chi connectivity index (χ1v) is 7.90. The third kappa shape index (κ3) is 3.39. The summed E-state index contributed by atoms with van der Waals surface area (Å²) in [5.74, 6) is 0. The minimum absolute atomic E-state index is 0.0307. The molecule has 106 valence electrons. The summed E-state index contributed by atoms with van der Waals surface area (Å²) < 4.78 is 26.8. The average Bonchev–Trinajstić information content (AvgIpc) is 3.07. The maximum Gasteiger partial charge on any atom is 0.242 e. The second kappa shape index (κ2) is 5.28. The largest absolute Gasteiger partial charge is 0.399 e. The second-order valence-electron chi connectivity index (χ2n) is 4.99. The zero-order valence-electron chi connectivity index (χ0n) is 10.4. The van der Waals surface area contributed by atoms with E-state index in [2.05, 4.69) is 4.72 Å². The molecule has 1 aromatic carbocycles. The van der Waals surface area contributed by atoms with E-state index in [1.54, 1.807) is 0 Å². The number of halogens is 1. The van der Waals surface area contributed by atoms with Gasteiger partial charge in [-0.3, -0.25) is 0 Å². The number of nitrogens with two attached hydrogens (primary N) is 1. The minimum atomic E-state index is -3.64. The highest BCUT2D eigenvalue weighted by Crippen LogP contribution is 2.48. The third-order valence-electron chi connectivity index (χ3n) is 3.48. The Hall–Kier alpha value is -0.820. The summed E-state index contributed by atoms with van der Waals surface area (Å²) in [6.45, 7) is 0.404. The van der Waals surface area contributed by atoms with Crippen LogP contribution in [0.1, 0.15) is 19.3 Å². The van der Waals surface area contributed by atoms with E-state index in [0.717, 1.165) is 12.8 Å². The van der Waals surface area contributed by atoms with Crippen molar-refractivity contribution < 1.29 is 13.5 Å². The zero-order chi connectivity index (χ0) is 14.1. The van der Waals surface area contributed by atoms with Crippen LogP contribution in [0, 0.1) is 5.41 Å². The molecule has 0 radical (unpaired) electrons. The van der Waals surface area contributed by atoms with Gasteiger partial charge in [-0.25, -0.2) is 13.1 Å². The van der Waals surface area contributed by atoms with Gasteiger partial charge in [0.15, 0.2) is 0 Å². The number of nitrogen functional groups attached to an aromatic ring is 1. The number of aliphatic hydroxyl groups is 1. The molecule has 5 nitrogen and oxygen atoms in total. The first kappa shape index (κ1) is 14.6. The van der Waals surface area contributed by atoms with E-state index in [1.807, 2.05) is 0 Å². The molecule has 0 saturated heterocycles. The number of rotatable bonds is 6. The van der Waals surface area contributed by atoms with Crippen LogP contribution >= 0.6 is 11.6 Å². The molecule has 0 atom stereocenters. The van der Waals surface area contributed by atoms with Crippen molar-refractivity contribution in [3.8, 4) is 0 Å². The first-order valence-electron chi connectivity index (χ1n) is 6.04. The number of aliphatic hydroxyl groups excluding tert-OH is 1. The van der Waals surface area contributed by atoms with Crippen LogP contribution in [-0.4, -0.2) is 26.7 Å². The quantitative estimate of drug-likeness (QED) is 0.692. The predicted octanol–water partition coefficient (Wildman–Crippen LogP) is 1.36. The molecular formula is C12H17ClN2O3S. The monoisotopic (exact) mass is 304 g/mol. The standard InChI is InChI=1S/C12H17ClN2O3S/c13-10-7-9(14)1-2-11(10)19(17,18)15-8-12(3-4-12)5-6-16/h1-2,7,15-16H,3-6,8,14H2. The lowest BCUT2D eigenvalue weighted by Gasteiger charge is -2.15. The van der Waals surface area contributed by atoms with Crippen LogP contribution in [0.2, 0.25) is 5.02 Å². The fraction of sp³-hybridized carbons (Fsp3) is 0.500. The molecule has 2 rings (SSSR count). The van der Waals surface area contributed by atoms with Crippen molar-refractivity contribution >= 4 is 27.3 Å². The van der Waals surface area contributed by atoms with Gasteiger partial charge in [-0.05, 0) is 42.9 Å². The van der Waals surface area contributed by atoms with E-state index in [4.69, 9.17) is 22.4 Å². The molecule has 0 bridgehead atoms. The second-order valence-corrected chi connectivity index (χ2v) is 7.13. The van der Waals surface area contributed by atoms with Crippen LogP contribution < -0.4 is 10.5 Å². The molecule has 1 fully saturated rings. The Balaban J connectivity index is 2.10. The van der Waals surface area contributed by atoms with Crippen molar-refractivity contribution in [3.05, 3.63) is 23.2 Å². The van der Waals surface area contributed by atoms with E-state index >= 15 is 0 Å². The van der Waals surface area contributed by atoms with E-state index in [-0.39, 0.29) is 21.9 Å². The maximum absolute atomic E-state index is 12.1. The van der Waals surface area contributed by atoms with E-state index in [9.17, 15) is 8.42 Å². The van der Waals surface area contributed by atoms with Gasteiger partial charge < -0.3 is 10.8 Å². The summed E-state index contributed by atoms with van der Waals surface area (Å²) in [6, 6.07) is 4.31. The molecule has 0 aromatic heterocycles. The van der Waals surface area contributed by atoms with Crippen molar-refractivity contribution in [2.24, 2.45) is 5.41 Å². The van der Waals surface area contributed by atoms with Crippen LogP contribution in [0.15, 0.2) is 23.1 Å². The van der Waals surface area contributed by atoms with Crippen LogP contribution in [-0.2, 0) is 10.0 Å². The zero-order valence-corrected chi connectivity index (χ0v) is 12.0. The van der Waals surface area contributed by atoms with Gasteiger partial charge in [0.1, 0.15) is 4.90 Å². The number of sulfonamides is 1. The summed E-state index contributed by atoms with van der Waals surface area (Å²) in [7, 11) is -3.64. The molecule has 1 aromatic rings. The molecule has 0 unspecified atom stereocenters. The van der Waals surface area contributed by atoms with Crippen LogP contribution in [0.4, 0.5) is 5.69 Å². The van der Waals surface area contributed by atoms with Gasteiger partial charge in [-0.2, -0.15) is 0 Å². The molecule has 0 spiro atoms. The summed E-state index contributed by atoms with van der Waals surface area (Å²) in [6.07, 6.45) is 2.49. The topological polar surface area (TPSA) is 92.4 Å². The van der Waals surface area contributed by atoms with Gasteiger partial charge in [0.2, 0.25) is 10.0 Å². The molecular weight excluding hydrogens is 288 g/mol. The van der Waals surface area contributed by atoms with Gasteiger partial charge in [-0.15, -0.1) is 0 Å². The average molecular weight is 305 g/mol. The number of hydrogen-bond acceptors (Lipinski definition) is 4. The van der Waals surface area contributed by atoms with Crippen molar-refractivity contribution in [2.45, 2.75) is 24.2 Å². The van der Waals surface area contributed by atoms with E-state index in [0.29, 0.717) is 18.7 Å². The summed E-state index contributed by atoms with van der Waals surface area (Å²) in [4.78, 5) is 0.0307. The Morgan fingerprint density at radius 3 is 2.63 bits per heavy atom. The summed E-state index contributed by atoms with van der Waals surface area (Å²) in [5.41, 5.74) is 5.87. The summed E-state index contributed by atoms with van der Waals surface area (Å²) in [5, 5.41) is 9.06. The van der Waals surface area contributed by atoms with Crippen LogP contribution in [0.3, 0.4) is 0 Å². The summed E-state index contributed by atoms with van der Waals surface area (Å²) >= 11 is 5.90. The molecule has 19 heavy (non-hydrogen) atoms. The van der Waals surface area contributed by atoms with Gasteiger partial charge in [0.25, 0.3) is 0 Å². The van der Waals surface area contributed by atoms with Crippen LogP contribution in [0.25, 0.3) is 0 Å². The Morgan fingerprint density at radius 1 is 1.42 bits per heavy atom. The number of nitrogens with one attached hydrogen (secondary N) is 1. The molecule has 1 saturated carbocycles. The molecule has 4 N–H and O–H groups in total. The Labute approximate surface area is 117 Å². The first-order chi connectivity index (χ1) is 8.88. The van der Waals surface area contributed by atoms with E-state index in [1.165, 1.54) is 18.2 Å². The molecule has 0 heterocycles. The van der Waals surface area contributed by atoms with Gasteiger partial charge in [0.05, 0.1) is 5.02 Å². The highest BCUT2D eigenvalue weighted by atomic mass is 35.5. The lowest BCUT2D eigenvalue weighted by molar-refractivity contribution is 0.249. The van der Waals surface area contributed by atoms with Gasteiger partial charge >= 0.3 is 0 Å². The molecule has 0 amide bonds. The Morgan fingerprint density at radius 2 is 2.11 bits per heavy atom. The lowest BCUT2D eigenvalue weighted by atomic mass is 10.0. The fourth-order valence-electron chi connectivity index (χ4n) is 1.99. The van der Waals surface area contributed by atoms with Crippen molar-refractivity contribution in [1.82, 2.24) is 4.72 Å². The third-order valence-corrected chi connectivity index (χ3v) is 5.37. The Bertz CT molecular complexity index is 570. The van der Waals surface area contributed by atoms with Crippen molar-refractivity contribution in [3.63, 3.8) is 0 Å². The highest BCUT2D eigenvalue weighted by Gasteiger charge is 2.42. The Kier molecular flexibility index (Phi) is 4.06. The molecule has 7 heteroatoms. The van der Waals surface area contributed by atoms with Gasteiger partial charge in [-0.1, -0.05) is 11.6 Å². The maximum atomic E-state index is 12.1. The number of hydrogen-bond donors (Lipinski definition) is 3. The lowest BCUT2D eigenvalue weighted by Crippen LogP contribution is -2.31. The minimum Gasteiger partial charge on any atom is -0.399 e.